The lowest BCUT2D eigenvalue weighted by atomic mass is 10.2. The molecule has 0 bridgehead atoms. The first-order valence-corrected chi connectivity index (χ1v) is 24.4. The summed E-state index contributed by atoms with van der Waals surface area (Å²) >= 11 is 7.52. The Morgan fingerprint density at radius 1 is 0.550 bits per heavy atom. The van der Waals surface area contributed by atoms with Crippen LogP contribution in [0.1, 0.15) is 18.6 Å². The summed E-state index contributed by atoms with van der Waals surface area (Å²) in [6, 6.07) is 18.6. The van der Waals surface area contributed by atoms with E-state index in [0.717, 1.165) is 27.9 Å². The number of aromatic nitrogens is 6. The highest BCUT2D eigenvalue weighted by Gasteiger charge is 2.17. The van der Waals surface area contributed by atoms with Crippen molar-refractivity contribution >= 4 is 75.1 Å². The van der Waals surface area contributed by atoms with E-state index in [0.29, 0.717) is 47.1 Å². The van der Waals surface area contributed by atoms with Crippen LogP contribution in [0.4, 0.5) is 0 Å². The van der Waals surface area contributed by atoms with Gasteiger partial charge in [-0.2, -0.15) is 0 Å². The summed E-state index contributed by atoms with van der Waals surface area (Å²) in [5, 5.41) is 1.21. The molecule has 6 aromatic heterocycles. The van der Waals surface area contributed by atoms with Crippen molar-refractivity contribution in [3.05, 3.63) is 290 Å². The Kier molecular flexibility index (Phi) is 25.5. The van der Waals surface area contributed by atoms with Crippen LogP contribution in [-0.2, 0) is 0 Å². The number of rotatable bonds is 4. The summed E-state index contributed by atoms with van der Waals surface area (Å²) in [6.45, 7) is 10.8. The SMILES string of the molecule is C.C#CCCl.C#CCOc1ccnc2sc3c(=O)n(-c4ccc(C)cc4)cnc3c12.C=C=C=C=C=C=C=C=C=C=C=C=C=C=C=C=C=C=C=C=C=C=C=C=C=C=C=C.Cc1ccc(-n2cnc3c(sc4[nH]ccc(=O)c43)c2=O)cc1. The third-order valence-electron chi connectivity index (χ3n) is 9.16. The lowest BCUT2D eigenvalue weighted by Gasteiger charge is -2.06. The summed E-state index contributed by atoms with van der Waals surface area (Å²) in [6.07, 6.45) is 16.2. The fraction of sp³-hybridized carbons (Fsp3) is 0.0746. The average molecular weight is 1090 g/mol. The zero-order valence-electron chi connectivity index (χ0n) is 41.6. The van der Waals surface area contributed by atoms with Crippen LogP contribution in [0, 0.1) is 38.5 Å². The number of ether oxygens (including phenoxy) is 1. The molecule has 0 saturated carbocycles. The molecule has 2 aromatic carbocycles. The zero-order chi connectivity index (χ0) is 56.5. The van der Waals surface area contributed by atoms with E-state index in [1.807, 2.05) is 62.4 Å². The first-order valence-electron chi connectivity index (χ1n) is 22.2. The van der Waals surface area contributed by atoms with Gasteiger partial charge in [0.2, 0.25) is 0 Å². The quantitative estimate of drug-likeness (QED) is 0.106. The second kappa shape index (κ2) is 33.7. The summed E-state index contributed by atoms with van der Waals surface area (Å²) in [7, 11) is 0. The minimum Gasteiger partial charge on any atom is -0.480 e. The first kappa shape index (κ1) is 60.5. The van der Waals surface area contributed by atoms with E-state index in [-0.39, 0.29) is 30.6 Å². The van der Waals surface area contributed by atoms with Gasteiger partial charge in [-0.25, -0.2) is 15.0 Å². The van der Waals surface area contributed by atoms with Gasteiger partial charge in [0.1, 0.15) is 55.1 Å². The number of halogens is 1. The van der Waals surface area contributed by atoms with Gasteiger partial charge in [-0.1, -0.05) is 66.1 Å². The molecule has 8 aromatic rings. The van der Waals surface area contributed by atoms with Crippen molar-refractivity contribution < 1.29 is 4.74 Å². The third-order valence-corrected chi connectivity index (χ3v) is 11.5. The van der Waals surface area contributed by atoms with E-state index in [2.05, 4.69) is 200 Å². The minimum absolute atomic E-state index is 0. The number of thiophene rings is 2. The Labute approximate surface area is 471 Å². The predicted molar refractivity (Wildman–Crippen MR) is 317 cm³/mol. The lowest BCUT2D eigenvalue weighted by molar-refractivity contribution is 0.375. The van der Waals surface area contributed by atoms with Crippen LogP contribution in [0.5, 0.6) is 5.75 Å². The molecule has 13 heteroatoms. The molecule has 0 aliphatic rings. The molecule has 376 valence electrons. The number of hydrogen-bond acceptors (Lipinski definition) is 9. The standard InChI is InChI=1S/C28H4.C19H13N3O2S.C16H11N3O2S.C3H3Cl.CH4/c1-3-5-7-9-11-13-15-17-19-21-23-25-27-28-26-24-22-20-18-16-14-12-10-8-6-4-2;1-3-10-24-14-8-9-20-18-15(14)16-17(25-18)19(23)22(11-21-16)13-6-4-12(2)5-7-13;1-9-2-4-10(5-3-9)19-8-18-13-12-11(20)6-7-17-15(12)22-14(13)16(19)21;1-2-3-4;/h1-2H2;1,4-9,11H,10H2,2H3;2-8H,1H3,(H,17,20);1H,3H2;1H4. The van der Waals surface area contributed by atoms with Gasteiger partial charge in [-0.3, -0.25) is 23.5 Å². The third kappa shape index (κ3) is 18.1. The molecule has 0 atom stereocenters. The van der Waals surface area contributed by atoms with Crippen LogP contribution >= 0.6 is 34.3 Å². The molecule has 0 aliphatic heterocycles. The van der Waals surface area contributed by atoms with Crippen molar-refractivity contribution in [3.63, 3.8) is 0 Å². The van der Waals surface area contributed by atoms with Gasteiger partial charge >= 0.3 is 0 Å². The molecular formula is C67H35ClN6O4S2. The van der Waals surface area contributed by atoms with E-state index in [4.69, 9.17) is 22.8 Å². The molecule has 0 saturated heterocycles. The number of aromatic amines is 1. The molecule has 0 aliphatic carbocycles. The fourth-order valence-electron chi connectivity index (χ4n) is 5.89. The van der Waals surface area contributed by atoms with E-state index in [1.54, 1.807) is 29.4 Å². The molecule has 80 heavy (non-hydrogen) atoms. The zero-order valence-corrected chi connectivity index (χ0v) is 44.0. The van der Waals surface area contributed by atoms with Crippen molar-refractivity contribution in [1.29, 1.82) is 0 Å². The number of nitrogens with zero attached hydrogens (tertiary/aromatic N) is 5. The maximum atomic E-state index is 12.9. The van der Waals surface area contributed by atoms with Crippen LogP contribution in [0.15, 0.2) is 262 Å². The van der Waals surface area contributed by atoms with E-state index >= 15 is 0 Å². The Morgan fingerprint density at radius 3 is 1.32 bits per heavy atom. The topological polar surface area (TPSA) is 125 Å². The summed E-state index contributed by atoms with van der Waals surface area (Å²) in [5.74, 6) is 5.55. The number of aryl methyl sites for hydroxylation is 2. The Morgan fingerprint density at radius 2 is 0.938 bits per heavy atom. The largest absolute Gasteiger partial charge is 0.480 e. The summed E-state index contributed by atoms with van der Waals surface area (Å²) in [5.41, 5.74) is 68.8. The molecule has 10 nitrogen and oxygen atoms in total. The average Bonchev–Trinajstić information content (AvgIpc) is 4.28. The summed E-state index contributed by atoms with van der Waals surface area (Å²) < 4.78 is 9.65. The number of alkyl halides is 1. The number of nitrogens with one attached hydrogen (secondary N) is 1. The second-order valence-corrected chi connectivity index (χ2v) is 16.6. The first-order chi connectivity index (χ1) is 38.7. The van der Waals surface area contributed by atoms with Crippen molar-refractivity contribution in [2.45, 2.75) is 21.3 Å². The van der Waals surface area contributed by atoms with E-state index < -0.39 is 0 Å². The molecule has 8 rings (SSSR count). The lowest BCUT2D eigenvalue weighted by Crippen LogP contribution is -2.17. The molecule has 1 N–H and O–H groups in total. The molecule has 0 radical (unpaired) electrons. The summed E-state index contributed by atoms with van der Waals surface area (Å²) in [4.78, 5) is 55.2. The van der Waals surface area contributed by atoms with Crippen molar-refractivity contribution in [3.8, 4) is 41.8 Å². The number of fused-ring (bicyclic) bond motifs is 6. The van der Waals surface area contributed by atoms with E-state index in [9.17, 15) is 14.4 Å². The van der Waals surface area contributed by atoms with Crippen LogP contribution in [0.25, 0.3) is 52.2 Å². The fourth-order valence-corrected chi connectivity index (χ4v) is 8.00. The highest BCUT2D eigenvalue weighted by molar-refractivity contribution is 7.25. The molecule has 0 spiro atoms. The van der Waals surface area contributed by atoms with Crippen LogP contribution in [0.2, 0.25) is 0 Å². The van der Waals surface area contributed by atoms with Crippen molar-refractivity contribution in [2.24, 2.45) is 0 Å². The number of benzene rings is 2. The van der Waals surface area contributed by atoms with Gasteiger partial charge in [0.15, 0.2) is 5.43 Å². The van der Waals surface area contributed by atoms with Gasteiger partial charge < -0.3 is 9.72 Å². The molecule has 0 unspecified atom stereocenters. The smallest absolute Gasteiger partial charge is 0.275 e. The monoisotopic (exact) mass is 1090 g/mol. The van der Waals surface area contributed by atoms with Crippen LogP contribution in [0.3, 0.4) is 0 Å². The Hall–Kier alpha value is -12.0. The highest BCUT2D eigenvalue weighted by atomic mass is 35.5. The van der Waals surface area contributed by atoms with Gasteiger partial charge in [-0.05, 0) is 149 Å². The van der Waals surface area contributed by atoms with E-state index in [1.165, 1.54) is 39.6 Å². The van der Waals surface area contributed by atoms with Gasteiger partial charge in [0.25, 0.3) is 11.1 Å². The van der Waals surface area contributed by atoms with Gasteiger partial charge in [0.05, 0.1) is 28.0 Å². The number of pyridine rings is 2. The molecular weight excluding hydrogens is 1050 g/mol. The van der Waals surface area contributed by atoms with Crippen LogP contribution in [-0.4, -0.2) is 41.6 Å². The predicted octanol–water partition coefficient (Wildman–Crippen LogP) is 12.2. The van der Waals surface area contributed by atoms with Gasteiger partial charge in [0, 0.05) is 64.3 Å². The van der Waals surface area contributed by atoms with Gasteiger partial charge in [-0.15, -0.1) is 47.1 Å². The normalized spacial score (nSPS) is 8.11. The second-order valence-electron chi connectivity index (χ2n) is 14.3. The molecule has 0 fully saturated rings. The maximum absolute atomic E-state index is 12.9. The number of terminal acetylenes is 2. The minimum atomic E-state index is -0.164. The number of H-pyrrole nitrogens is 1. The maximum Gasteiger partial charge on any atom is 0.275 e. The Bertz CT molecular complexity index is 4950. The number of hydrogen-bond donors (Lipinski definition) is 1. The molecule has 6 heterocycles. The van der Waals surface area contributed by atoms with Crippen molar-refractivity contribution in [2.75, 3.05) is 12.5 Å². The molecule has 0 amide bonds. The highest BCUT2D eigenvalue weighted by Crippen LogP contribution is 2.35. The Balaban J connectivity index is 0.000000249. The van der Waals surface area contributed by atoms with Crippen LogP contribution < -0.4 is 21.3 Å². The van der Waals surface area contributed by atoms with Crippen molar-refractivity contribution in [1.82, 2.24) is 29.1 Å².